The zero-order chi connectivity index (χ0) is 20.6. The number of aromatic nitrogens is 2. The van der Waals surface area contributed by atoms with Gasteiger partial charge >= 0.3 is 0 Å². The van der Waals surface area contributed by atoms with Crippen LogP contribution in [0.25, 0.3) is 11.4 Å². The summed E-state index contributed by atoms with van der Waals surface area (Å²) in [7, 11) is -3.71. The van der Waals surface area contributed by atoms with Crippen LogP contribution in [-0.4, -0.2) is 49.0 Å². The maximum absolute atomic E-state index is 14.0. The largest absolute Gasteiger partial charge is 0.367 e. The molecule has 7 nitrogen and oxygen atoms in total. The van der Waals surface area contributed by atoms with Crippen LogP contribution in [0.4, 0.5) is 10.1 Å². The monoisotopic (exact) mass is 416 g/mol. The van der Waals surface area contributed by atoms with E-state index in [9.17, 15) is 12.8 Å². The van der Waals surface area contributed by atoms with Crippen LogP contribution in [0.5, 0.6) is 0 Å². The summed E-state index contributed by atoms with van der Waals surface area (Å²) in [6, 6.07) is 11.6. The minimum atomic E-state index is -3.71. The summed E-state index contributed by atoms with van der Waals surface area (Å²) in [5, 5.41) is 3.87. The van der Waals surface area contributed by atoms with Crippen LogP contribution < -0.4 is 4.90 Å². The standard InChI is InChI=1S/C20H21FN4O3S/c1-14-7-8-16(20-22-15(2)28-23-20)13-19(14)29(26,27)25-11-9-24(10-12-25)18-6-4-3-5-17(18)21/h3-8,13H,9-12H2,1-2H3. The predicted molar refractivity (Wildman–Crippen MR) is 107 cm³/mol. The van der Waals surface area contributed by atoms with Crippen molar-refractivity contribution in [3.8, 4) is 11.4 Å². The molecule has 0 N–H and O–H groups in total. The van der Waals surface area contributed by atoms with Crippen LogP contribution >= 0.6 is 0 Å². The lowest BCUT2D eigenvalue weighted by molar-refractivity contribution is 0.383. The van der Waals surface area contributed by atoms with Gasteiger partial charge in [0.1, 0.15) is 5.82 Å². The van der Waals surface area contributed by atoms with Crippen molar-refractivity contribution in [2.75, 3.05) is 31.1 Å². The molecule has 0 amide bonds. The zero-order valence-corrected chi connectivity index (χ0v) is 17.0. The molecule has 1 saturated heterocycles. The molecule has 2 aromatic carbocycles. The summed E-state index contributed by atoms with van der Waals surface area (Å²) >= 11 is 0. The van der Waals surface area contributed by atoms with Crippen LogP contribution in [0, 0.1) is 19.7 Å². The van der Waals surface area contributed by atoms with Crippen molar-refractivity contribution in [2.24, 2.45) is 0 Å². The van der Waals surface area contributed by atoms with E-state index in [0.717, 1.165) is 0 Å². The number of piperazine rings is 1. The van der Waals surface area contributed by atoms with Gasteiger partial charge < -0.3 is 9.42 Å². The number of halogens is 1. The molecule has 1 aromatic heterocycles. The van der Waals surface area contributed by atoms with E-state index in [-0.39, 0.29) is 23.8 Å². The third kappa shape index (κ3) is 3.75. The van der Waals surface area contributed by atoms with Gasteiger partial charge in [-0.15, -0.1) is 0 Å². The summed E-state index contributed by atoms with van der Waals surface area (Å²) in [4.78, 5) is 6.26. The van der Waals surface area contributed by atoms with E-state index in [2.05, 4.69) is 10.1 Å². The van der Waals surface area contributed by atoms with Crippen LogP contribution in [0.2, 0.25) is 0 Å². The van der Waals surface area contributed by atoms with Crippen LogP contribution in [0.3, 0.4) is 0 Å². The first-order chi connectivity index (χ1) is 13.9. The van der Waals surface area contributed by atoms with Gasteiger partial charge in [0.15, 0.2) is 0 Å². The number of hydrogen-bond acceptors (Lipinski definition) is 6. The third-order valence-corrected chi connectivity index (χ3v) is 7.06. The minimum Gasteiger partial charge on any atom is -0.367 e. The smallest absolute Gasteiger partial charge is 0.243 e. The molecule has 0 saturated carbocycles. The quantitative estimate of drug-likeness (QED) is 0.651. The number of sulfonamides is 1. The fourth-order valence-electron chi connectivity index (χ4n) is 3.45. The number of para-hydroxylation sites is 1. The lowest BCUT2D eigenvalue weighted by atomic mass is 10.1. The number of anilines is 1. The third-order valence-electron chi connectivity index (χ3n) is 5.02. The fourth-order valence-corrected chi connectivity index (χ4v) is 5.12. The van der Waals surface area contributed by atoms with Gasteiger partial charge in [-0.05, 0) is 30.7 Å². The molecule has 1 aliphatic heterocycles. The maximum atomic E-state index is 14.0. The molecule has 0 aliphatic carbocycles. The second-order valence-electron chi connectivity index (χ2n) is 6.96. The molecular formula is C20H21FN4O3S. The Hall–Kier alpha value is -2.78. The number of nitrogens with zero attached hydrogens (tertiary/aromatic N) is 4. The van der Waals surface area contributed by atoms with E-state index in [1.165, 1.54) is 10.4 Å². The second kappa shape index (κ2) is 7.57. The molecule has 1 fully saturated rings. The van der Waals surface area contributed by atoms with E-state index >= 15 is 0 Å². The van der Waals surface area contributed by atoms with Crippen LogP contribution in [-0.2, 0) is 10.0 Å². The molecule has 0 spiro atoms. The average Bonchev–Trinajstić information content (AvgIpc) is 3.15. The van der Waals surface area contributed by atoms with Crippen molar-refractivity contribution in [3.05, 3.63) is 59.7 Å². The Morgan fingerprint density at radius 3 is 2.41 bits per heavy atom. The molecular weight excluding hydrogens is 395 g/mol. The van der Waals surface area contributed by atoms with Gasteiger partial charge in [-0.1, -0.05) is 29.4 Å². The summed E-state index contributed by atoms with van der Waals surface area (Å²) in [5.41, 5.74) is 1.72. The lowest BCUT2D eigenvalue weighted by Gasteiger charge is -2.35. The summed E-state index contributed by atoms with van der Waals surface area (Å²) in [5.74, 6) is 0.459. The first-order valence-electron chi connectivity index (χ1n) is 9.27. The molecule has 0 radical (unpaired) electrons. The number of aryl methyl sites for hydroxylation is 2. The van der Waals surface area contributed by atoms with Crippen molar-refractivity contribution in [1.82, 2.24) is 14.4 Å². The Kier molecular flexibility index (Phi) is 5.10. The molecule has 0 unspecified atom stereocenters. The van der Waals surface area contributed by atoms with Crippen LogP contribution in [0.1, 0.15) is 11.5 Å². The Labute approximate surface area is 168 Å². The van der Waals surface area contributed by atoms with Crippen molar-refractivity contribution in [2.45, 2.75) is 18.7 Å². The highest BCUT2D eigenvalue weighted by Crippen LogP contribution is 2.27. The number of hydrogen-bond donors (Lipinski definition) is 0. The molecule has 152 valence electrons. The first kappa shape index (κ1) is 19.5. The second-order valence-corrected chi connectivity index (χ2v) is 8.87. The zero-order valence-electron chi connectivity index (χ0n) is 16.2. The van der Waals surface area contributed by atoms with Gasteiger partial charge in [0, 0.05) is 38.7 Å². The Bertz CT molecular complexity index is 1140. The first-order valence-corrected chi connectivity index (χ1v) is 10.7. The Morgan fingerprint density at radius 2 is 1.76 bits per heavy atom. The number of rotatable bonds is 4. The molecule has 0 bridgehead atoms. The van der Waals surface area contributed by atoms with E-state index < -0.39 is 10.0 Å². The molecule has 1 aliphatic rings. The van der Waals surface area contributed by atoms with E-state index in [1.54, 1.807) is 50.2 Å². The summed E-state index contributed by atoms with van der Waals surface area (Å²) in [6.45, 7) is 4.83. The lowest BCUT2D eigenvalue weighted by Crippen LogP contribution is -2.49. The predicted octanol–water partition coefficient (Wildman–Crippen LogP) is 3.00. The topological polar surface area (TPSA) is 79.5 Å². The van der Waals surface area contributed by atoms with E-state index in [4.69, 9.17) is 4.52 Å². The van der Waals surface area contributed by atoms with E-state index in [1.807, 2.05) is 4.90 Å². The fraction of sp³-hybridized carbons (Fsp3) is 0.300. The molecule has 29 heavy (non-hydrogen) atoms. The number of benzene rings is 2. The van der Waals surface area contributed by atoms with Crippen molar-refractivity contribution < 1.29 is 17.3 Å². The molecule has 3 aromatic rings. The van der Waals surface area contributed by atoms with Gasteiger partial charge in [-0.3, -0.25) is 0 Å². The summed E-state index contributed by atoms with van der Waals surface area (Å²) < 4.78 is 47.0. The van der Waals surface area contributed by atoms with Gasteiger partial charge in [0.25, 0.3) is 0 Å². The highest BCUT2D eigenvalue weighted by atomic mass is 32.2. The normalized spacial score (nSPS) is 15.6. The summed E-state index contributed by atoms with van der Waals surface area (Å²) in [6.07, 6.45) is 0. The SMILES string of the molecule is Cc1nc(-c2ccc(C)c(S(=O)(=O)N3CCN(c4ccccc4F)CC3)c2)no1. The van der Waals surface area contributed by atoms with Crippen molar-refractivity contribution >= 4 is 15.7 Å². The van der Waals surface area contributed by atoms with Gasteiger partial charge in [0.2, 0.25) is 21.7 Å². The highest BCUT2D eigenvalue weighted by Gasteiger charge is 2.30. The van der Waals surface area contributed by atoms with Crippen LogP contribution in [0.15, 0.2) is 51.9 Å². The van der Waals surface area contributed by atoms with Gasteiger partial charge in [-0.25, -0.2) is 12.8 Å². The molecule has 0 atom stereocenters. The van der Waals surface area contributed by atoms with E-state index in [0.29, 0.717) is 41.6 Å². The maximum Gasteiger partial charge on any atom is 0.243 e. The van der Waals surface area contributed by atoms with Crippen molar-refractivity contribution in [3.63, 3.8) is 0 Å². The minimum absolute atomic E-state index is 0.219. The molecule has 4 rings (SSSR count). The Morgan fingerprint density at radius 1 is 1.03 bits per heavy atom. The molecule has 2 heterocycles. The Balaban J connectivity index is 1.57. The van der Waals surface area contributed by atoms with Gasteiger partial charge in [-0.2, -0.15) is 9.29 Å². The van der Waals surface area contributed by atoms with Gasteiger partial charge in [0.05, 0.1) is 10.6 Å². The van der Waals surface area contributed by atoms with Crippen molar-refractivity contribution in [1.29, 1.82) is 0 Å². The average molecular weight is 416 g/mol. The molecule has 9 heteroatoms. The highest BCUT2D eigenvalue weighted by molar-refractivity contribution is 7.89.